The van der Waals surface area contributed by atoms with Crippen molar-refractivity contribution in [2.45, 2.75) is 32.1 Å². The topological polar surface area (TPSA) is 18.5 Å². The Labute approximate surface area is 104 Å². The SMILES string of the molecule is [CH2]c1ccc(OC)c(OCC2CCCCC2)c1. The van der Waals surface area contributed by atoms with Crippen molar-refractivity contribution < 1.29 is 9.47 Å². The van der Waals surface area contributed by atoms with Crippen LogP contribution in [0.15, 0.2) is 18.2 Å². The van der Waals surface area contributed by atoms with E-state index in [1.54, 1.807) is 7.11 Å². The van der Waals surface area contributed by atoms with Crippen molar-refractivity contribution >= 4 is 0 Å². The fourth-order valence-electron chi connectivity index (χ4n) is 2.40. The van der Waals surface area contributed by atoms with Crippen LogP contribution in [0.2, 0.25) is 0 Å². The van der Waals surface area contributed by atoms with Crippen LogP contribution < -0.4 is 9.47 Å². The fraction of sp³-hybridized carbons (Fsp3) is 0.533. The van der Waals surface area contributed by atoms with E-state index in [1.807, 2.05) is 18.2 Å². The van der Waals surface area contributed by atoms with Gasteiger partial charge in [0.15, 0.2) is 11.5 Å². The standard InChI is InChI=1S/C15H21O2/c1-12-8-9-14(16-2)15(10-12)17-11-13-6-4-3-5-7-13/h8-10,13H,1,3-7,11H2,2H3. The molecule has 0 aromatic heterocycles. The van der Waals surface area contributed by atoms with Crippen LogP contribution in [0.3, 0.4) is 0 Å². The van der Waals surface area contributed by atoms with Crippen LogP contribution in [0.1, 0.15) is 37.7 Å². The summed E-state index contributed by atoms with van der Waals surface area (Å²) in [5.74, 6) is 2.33. The molecule has 0 N–H and O–H groups in total. The van der Waals surface area contributed by atoms with Crippen LogP contribution in [0.4, 0.5) is 0 Å². The molecule has 1 aromatic rings. The summed E-state index contributed by atoms with van der Waals surface area (Å²) in [4.78, 5) is 0. The minimum absolute atomic E-state index is 0.710. The minimum atomic E-state index is 0.710. The predicted molar refractivity (Wildman–Crippen MR) is 69.5 cm³/mol. The summed E-state index contributed by atoms with van der Waals surface area (Å²) in [5, 5.41) is 0. The number of hydrogen-bond acceptors (Lipinski definition) is 2. The van der Waals surface area contributed by atoms with E-state index in [9.17, 15) is 0 Å². The summed E-state index contributed by atoms with van der Waals surface area (Å²) in [5.41, 5.74) is 0.962. The molecule has 1 radical (unpaired) electrons. The Morgan fingerprint density at radius 1 is 1.18 bits per heavy atom. The van der Waals surface area contributed by atoms with E-state index in [0.29, 0.717) is 5.92 Å². The van der Waals surface area contributed by atoms with Crippen molar-refractivity contribution in [2.24, 2.45) is 5.92 Å². The normalized spacial score (nSPS) is 16.8. The lowest BCUT2D eigenvalue weighted by Crippen LogP contribution is -2.15. The first-order chi connectivity index (χ1) is 8.29. The van der Waals surface area contributed by atoms with Gasteiger partial charge in [-0.25, -0.2) is 0 Å². The number of ether oxygens (including phenoxy) is 2. The summed E-state index contributed by atoms with van der Waals surface area (Å²) in [7, 11) is 1.67. The van der Waals surface area contributed by atoms with Crippen molar-refractivity contribution in [3.8, 4) is 11.5 Å². The molecule has 1 saturated carbocycles. The third kappa shape index (κ3) is 3.39. The summed E-state index contributed by atoms with van der Waals surface area (Å²) in [6, 6.07) is 5.80. The van der Waals surface area contributed by atoms with Crippen molar-refractivity contribution in [3.63, 3.8) is 0 Å². The Morgan fingerprint density at radius 3 is 2.65 bits per heavy atom. The Morgan fingerprint density at radius 2 is 1.94 bits per heavy atom. The molecule has 0 spiro atoms. The Balaban J connectivity index is 1.95. The lowest BCUT2D eigenvalue weighted by Gasteiger charge is -2.22. The second-order valence-electron chi connectivity index (χ2n) is 4.80. The molecule has 0 unspecified atom stereocenters. The molecule has 93 valence electrons. The number of hydrogen-bond donors (Lipinski definition) is 0. The van der Waals surface area contributed by atoms with E-state index >= 15 is 0 Å². The van der Waals surface area contributed by atoms with Gasteiger partial charge in [-0.3, -0.25) is 0 Å². The molecular weight excluding hydrogens is 212 g/mol. The fourth-order valence-corrected chi connectivity index (χ4v) is 2.40. The highest BCUT2D eigenvalue weighted by Gasteiger charge is 2.15. The zero-order valence-corrected chi connectivity index (χ0v) is 10.6. The first-order valence-corrected chi connectivity index (χ1v) is 6.42. The minimum Gasteiger partial charge on any atom is -0.493 e. The lowest BCUT2D eigenvalue weighted by molar-refractivity contribution is 0.202. The maximum Gasteiger partial charge on any atom is 0.161 e. The van der Waals surface area contributed by atoms with E-state index in [-0.39, 0.29) is 0 Å². The maximum absolute atomic E-state index is 5.88. The second kappa shape index (κ2) is 5.95. The molecule has 0 aliphatic heterocycles. The van der Waals surface area contributed by atoms with Crippen LogP contribution in [0.25, 0.3) is 0 Å². The van der Waals surface area contributed by atoms with Gasteiger partial charge in [0, 0.05) is 0 Å². The first kappa shape index (κ1) is 12.3. The Kier molecular flexibility index (Phi) is 4.29. The quantitative estimate of drug-likeness (QED) is 0.786. The predicted octanol–water partition coefficient (Wildman–Crippen LogP) is 3.84. The zero-order valence-electron chi connectivity index (χ0n) is 10.6. The summed E-state index contributed by atoms with van der Waals surface area (Å²) in [6.07, 6.45) is 6.67. The molecule has 1 aromatic carbocycles. The van der Waals surface area contributed by atoms with E-state index in [4.69, 9.17) is 9.47 Å². The van der Waals surface area contributed by atoms with Gasteiger partial charge in [0.2, 0.25) is 0 Å². The van der Waals surface area contributed by atoms with Crippen LogP contribution >= 0.6 is 0 Å². The Bertz CT molecular complexity index is 354. The van der Waals surface area contributed by atoms with Gasteiger partial charge in [0.05, 0.1) is 13.7 Å². The smallest absolute Gasteiger partial charge is 0.161 e. The van der Waals surface area contributed by atoms with Gasteiger partial charge in [-0.15, -0.1) is 0 Å². The molecule has 2 rings (SSSR count). The molecule has 1 fully saturated rings. The second-order valence-corrected chi connectivity index (χ2v) is 4.80. The van der Waals surface area contributed by atoms with Gasteiger partial charge < -0.3 is 9.47 Å². The maximum atomic E-state index is 5.88. The molecule has 0 atom stereocenters. The highest BCUT2D eigenvalue weighted by Crippen LogP contribution is 2.30. The molecule has 0 amide bonds. The third-order valence-corrected chi connectivity index (χ3v) is 3.43. The molecule has 0 bridgehead atoms. The lowest BCUT2D eigenvalue weighted by atomic mass is 9.90. The van der Waals surface area contributed by atoms with Crippen molar-refractivity contribution in [3.05, 3.63) is 30.7 Å². The Hall–Kier alpha value is -1.18. The zero-order chi connectivity index (χ0) is 12.1. The van der Waals surface area contributed by atoms with Crippen LogP contribution in [-0.2, 0) is 0 Å². The van der Waals surface area contributed by atoms with Gasteiger partial charge >= 0.3 is 0 Å². The van der Waals surface area contributed by atoms with Crippen LogP contribution in [0, 0.1) is 12.8 Å². The molecule has 1 aliphatic rings. The van der Waals surface area contributed by atoms with Crippen LogP contribution in [0.5, 0.6) is 11.5 Å². The van der Waals surface area contributed by atoms with E-state index in [0.717, 1.165) is 23.7 Å². The van der Waals surface area contributed by atoms with Gasteiger partial charge in [-0.05, 0) is 43.4 Å². The first-order valence-electron chi connectivity index (χ1n) is 6.42. The van der Waals surface area contributed by atoms with Gasteiger partial charge in [0.25, 0.3) is 0 Å². The molecule has 2 nitrogen and oxygen atoms in total. The van der Waals surface area contributed by atoms with Gasteiger partial charge in [0.1, 0.15) is 0 Å². The number of benzene rings is 1. The number of rotatable bonds is 4. The summed E-state index contributed by atoms with van der Waals surface area (Å²) < 4.78 is 11.2. The molecule has 2 heteroatoms. The largest absolute Gasteiger partial charge is 0.493 e. The van der Waals surface area contributed by atoms with E-state index in [2.05, 4.69) is 6.92 Å². The van der Waals surface area contributed by atoms with Gasteiger partial charge in [-0.2, -0.15) is 0 Å². The average molecular weight is 233 g/mol. The molecular formula is C15H21O2. The summed E-state index contributed by atoms with van der Waals surface area (Å²) >= 11 is 0. The van der Waals surface area contributed by atoms with Crippen molar-refractivity contribution in [1.82, 2.24) is 0 Å². The molecule has 0 saturated heterocycles. The molecule has 17 heavy (non-hydrogen) atoms. The molecule has 1 aliphatic carbocycles. The van der Waals surface area contributed by atoms with Crippen LogP contribution in [-0.4, -0.2) is 13.7 Å². The van der Waals surface area contributed by atoms with E-state index in [1.165, 1.54) is 32.1 Å². The van der Waals surface area contributed by atoms with Crippen molar-refractivity contribution in [1.29, 1.82) is 0 Å². The average Bonchev–Trinajstić information content (AvgIpc) is 2.38. The number of methoxy groups -OCH3 is 1. The van der Waals surface area contributed by atoms with Crippen molar-refractivity contribution in [2.75, 3.05) is 13.7 Å². The highest BCUT2D eigenvalue weighted by molar-refractivity contribution is 5.43. The molecule has 0 heterocycles. The summed E-state index contributed by atoms with van der Waals surface area (Å²) in [6.45, 7) is 4.72. The van der Waals surface area contributed by atoms with Gasteiger partial charge in [-0.1, -0.05) is 25.3 Å². The monoisotopic (exact) mass is 233 g/mol. The highest BCUT2D eigenvalue weighted by atomic mass is 16.5. The third-order valence-electron chi connectivity index (χ3n) is 3.43. The van der Waals surface area contributed by atoms with E-state index < -0.39 is 0 Å².